The van der Waals surface area contributed by atoms with Gasteiger partial charge >= 0.3 is 0 Å². The first-order chi connectivity index (χ1) is 9.75. The number of anilines is 1. The van der Waals surface area contributed by atoms with E-state index < -0.39 is 15.3 Å². The minimum absolute atomic E-state index is 0.00963. The second kappa shape index (κ2) is 5.45. The van der Waals surface area contributed by atoms with Crippen molar-refractivity contribution in [2.75, 3.05) is 18.5 Å². The molecule has 8 heteroatoms. The van der Waals surface area contributed by atoms with Crippen LogP contribution in [0.1, 0.15) is 22.3 Å². The van der Waals surface area contributed by atoms with Gasteiger partial charge in [0.15, 0.2) is 0 Å². The van der Waals surface area contributed by atoms with Gasteiger partial charge in [0.05, 0.1) is 0 Å². The lowest BCUT2D eigenvalue weighted by Crippen LogP contribution is -2.32. The lowest BCUT2D eigenvalue weighted by atomic mass is 10.1. The Kier molecular flexibility index (Phi) is 4.02. The van der Waals surface area contributed by atoms with Crippen LogP contribution >= 0.6 is 0 Å². The number of benzene rings is 1. The van der Waals surface area contributed by atoms with E-state index in [-0.39, 0.29) is 24.8 Å². The number of carbonyl (C=O) groups excluding carboxylic acids is 2. The predicted molar refractivity (Wildman–Crippen MR) is 78.4 cm³/mol. The Morgan fingerprint density at radius 1 is 1.43 bits per heavy atom. The molecule has 1 aliphatic rings. The smallest absolute Gasteiger partial charge is 0.251 e. The number of nitrogens with zero attached hydrogens (tertiary/aromatic N) is 1. The van der Waals surface area contributed by atoms with Gasteiger partial charge in [-0.2, -0.15) is 0 Å². The first-order valence-electron chi connectivity index (χ1n) is 6.39. The van der Waals surface area contributed by atoms with Crippen molar-refractivity contribution in [2.24, 2.45) is 5.14 Å². The van der Waals surface area contributed by atoms with Crippen LogP contribution in [0.4, 0.5) is 5.69 Å². The lowest BCUT2D eigenvalue weighted by Gasteiger charge is -2.20. The zero-order valence-electron chi connectivity index (χ0n) is 11.8. The summed E-state index contributed by atoms with van der Waals surface area (Å²) in [6, 6.07) is 4.99. The Morgan fingerprint density at radius 3 is 2.62 bits per heavy atom. The number of nitrogens with two attached hydrogens (primary N) is 1. The Labute approximate surface area is 123 Å². The topological polar surface area (TPSA) is 110 Å². The van der Waals surface area contributed by atoms with Crippen molar-refractivity contribution in [3.05, 3.63) is 29.3 Å². The molecule has 114 valence electrons. The summed E-state index contributed by atoms with van der Waals surface area (Å²) < 4.78 is 22.8. The third-order valence-corrected chi connectivity index (χ3v) is 4.87. The molecule has 1 atom stereocenters. The van der Waals surface area contributed by atoms with Crippen LogP contribution in [-0.4, -0.2) is 39.1 Å². The molecule has 1 aromatic carbocycles. The fraction of sp³-hybridized carbons (Fsp3) is 0.385. The van der Waals surface area contributed by atoms with E-state index in [1.807, 2.05) is 0 Å². The minimum atomic E-state index is -3.76. The van der Waals surface area contributed by atoms with E-state index >= 15 is 0 Å². The molecule has 21 heavy (non-hydrogen) atoms. The van der Waals surface area contributed by atoms with Crippen molar-refractivity contribution in [2.45, 2.75) is 18.6 Å². The van der Waals surface area contributed by atoms with Gasteiger partial charge in [-0.1, -0.05) is 6.07 Å². The van der Waals surface area contributed by atoms with Gasteiger partial charge in [0.25, 0.3) is 5.91 Å². The molecule has 2 rings (SSSR count). The van der Waals surface area contributed by atoms with Crippen molar-refractivity contribution >= 4 is 27.5 Å². The third-order valence-electron chi connectivity index (χ3n) is 3.62. The number of carbonyl (C=O) groups is 2. The number of hydrogen-bond donors (Lipinski definition) is 2. The van der Waals surface area contributed by atoms with Crippen LogP contribution in [0.2, 0.25) is 0 Å². The van der Waals surface area contributed by atoms with Crippen molar-refractivity contribution in [3.8, 4) is 0 Å². The SMILES string of the molecule is CNC(=O)c1cccc(N2CC(S(N)(=O)=O)CC2=O)c1C. The molecule has 0 bridgehead atoms. The number of sulfonamides is 1. The van der Waals surface area contributed by atoms with Crippen molar-refractivity contribution < 1.29 is 18.0 Å². The standard InChI is InChI=1S/C13H17N3O4S/c1-8-10(13(18)15-2)4-3-5-11(8)16-7-9(6-12(16)17)21(14,19)20/h3-5,9H,6-7H2,1-2H3,(H,15,18)(H2,14,19,20). The summed E-state index contributed by atoms with van der Waals surface area (Å²) in [7, 11) is -2.24. The lowest BCUT2D eigenvalue weighted by molar-refractivity contribution is -0.117. The highest BCUT2D eigenvalue weighted by molar-refractivity contribution is 7.89. The number of rotatable bonds is 3. The third kappa shape index (κ3) is 2.91. The summed E-state index contributed by atoms with van der Waals surface area (Å²) in [6.45, 7) is 1.73. The summed E-state index contributed by atoms with van der Waals surface area (Å²) in [6.07, 6.45) is -0.136. The normalized spacial score (nSPS) is 18.9. The molecule has 1 unspecified atom stereocenters. The predicted octanol–water partition coefficient (Wildman–Crippen LogP) is -0.252. The number of nitrogens with one attached hydrogen (secondary N) is 1. The molecule has 0 aromatic heterocycles. The van der Waals surface area contributed by atoms with Gasteiger partial charge in [-0.3, -0.25) is 9.59 Å². The quantitative estimate of drug-likeness (QED) is 0.802. The second-order valence-electron chi connectivity index (χ2n) is 4.95. The van der Waals surface area contributed by atoms with Crippen LogP contribution in [0, 0.1) is 6.92 Å². The van der Waals surface area contributed by atoms with Gasteiger partial charge in [0.1, 0.15) is 5.25 Å². The van der Waals surface area contributed by atoms with E-state index in [0.29, 0.717) is 16.8 Å². The maximum absolute atomic E-state index is 12.0. The summed E-state index contributed by atoms with van der Waals surface area (Å²) in [5, 5.41) is 6.73. The molecule has 7 nitrogen and oxygen atoms in total. The van der Waals surface area contributed by atoms with Crippen LogP contribution in [-0.2, 0) is 14.8 Å². The molecule has 3 N–H and O–H groups in total. The number of hydrogen-bond acceptors (Lipinski definition) is 4. The first-order valence-corrected chi connectivity index (χ1v) is 8.00. The highest BCUT2D eigenvalue weighted by Crippen LogP contribution is 2.29. The summed E-state index contributed by atoms with van der Waals surface area (Å²) >= 11 is 0. The molecule has 0 spiro atoms. The first kappa shape index (κ1) is 15.5. The van der Waals surface area contributed by atoms with Crippen LogP contribution in [0.5, 0.6) is 0 Å². The molecule has 1 aliphatic heterocycles. The minimum Gasteiger partial charge on any atom is -0.355 e. The van der Waals surface area contributed by atoms with Crippen molar-refractivity contribution in [1.29, 1.82) is 0 Å². The summed E-state index contributed by atoms with van der Waals surface area (Å²) in [4.78, 5) is 25.2. The average molecular weight is 311 g/mol. The zero-order valence-corrected chi connectivity index (χ0v) is 12.6. The van der Waals surface area contributed by atoms with E-state index in [1.54, 1.807) is 25.1 Å². The van der Waals surface area contributed by atoms with Gasteiger partial charge in [-0.25, -0.2) is 13.6 Å². The highest BCUT2D eigenvalue weighted by atomic mass is 32.2. The number of amides is 2. The van der Waals surface area contributed by atoms with Gasteiger partial charge in [-0.05, 0) is 24.6 Å². The monoisotopic (exact) mass is 311 g/mol. The van der Waals surface area contributed by atoms with Crippen molar-refractivity contribution in [1.82, 2.24) is 5.32 Å². The molecule has 0 aliphatic carbocycles. The molecule has 1 heterocycles. The fourth-order valence-electron chi connectivity index (χ4n) is 2.42. The maximum atomic E-state index is 12.0. The van der Waals surface area contributed by atoms with E-state index in [0.717, 1.165) is 0 Å². The molecule has 0 saturated carbocycles. The van der Waals surface area contributed by atoms with E-state index in [9.17, 15) is 18.0 Å². The van der Waals surface area contributed by atoms with Crippen LogP contribution in [0.15, 0.2) is 18.2 Å². The Bertz CT molecular complexity index is 699. The Balaban J connectivity index is 2.40. The van der Waals surface area contributed by atoms with Crippen LogP contribution in [0.3, 0.4) is 0 Å². The second-order valence-corrected chi connectivity index (χ2v) is 6.79. The molecular formula is C13H17N3O4S. The van der Waals surface area contributed by atoms with Gasteiger partial charge in [0.2, 0.25) is 15.9 Å². The van der Waals surface area contributed by atoms with Gasteiger partial charge < -0.3 is 10.2 Å². The largest absolute Gasteiger partial charge is 0.355 e. The van der Waals surface area contributed by atoms with E-state index in [4.69, 9.17) is 5.14 Å². The number of primary sulfonamides is 1. The Hall–Kier alpha value is -1.93. The van der Waals surface area contributed by atoms with Gasteiger partial charge in [-0.15, -0.1) is 0 Å². The molecular weight excluding hydrogens is 294 g/mol. The zero-order chi connectivity index (χ0) is 15.8. The van der Waals surface area contributed by atoms with E-state index in [2.05, 4.69) is 5.32 Å². The summed E-state index contributed by atoms with van der Waals surface area (Å²) in [5.74, 6) is -0.574. The molecule has 2 amide bonds. The summed E-state index contributed by atoms with van der Waals surface area (Å²) in [5.41, 5.74) is 1.61. The molecule has 0 radical (unpaired) electrons. The highest BCUT2D eigenvalue weighted by Gasteiger charge is 2.37. The average Bonchev–Trinajstić information content (AvgIpc) is 2.80. The van der Waals surface area contributed by atoms with Crippen LogP contribution < -0.4 is 15.4 Å². The molecule has 1 saturated heterocycles. The fourth-order valence-corrected chi connectivity index (χ4v) is 3.16. The van der Waals surface area contributed by atoms with Crippen LogP contribution in [0.25, 0.3) is 0 Å². The molecule has 1 fully saturated rings. The Morgan fingerprint density at radius 2 is 2.10 bits per heavy atom. The molecule has 1 aromatic rings. The van der Waals surface area contributed by atoms with E-state index in [1.165, 1.54) is 11.9 Å². The maximum Gasteiger partial charge on any atom is 0.251 e. The van der Waals surface area contributed by atoms with Gasteiger partial charge in [0, 0.05) is 31.3 Å². The van der Waals surface area contributed by atoms with Crippen molar-refractivity contribution in [3.63, 3.8) is 0 Å².